The summed E-state index contributed by atoms with van der Waals surface area (Å²) in [7, 11) is 0. The van der Waals surface area contributed by atoms with Crippen LogP contribution in [0.4, 0.5) is 4.39 Å². The van der Waals surface area contributed by atoms with Crippen LogP contribution in [0.5, 0.6) is 0 Å². The third kappa shape index (κ3) is 3.13. The Morgan fingerprint density at radius 3 is 2.67 bits per heavy atom. The molecule has 0 saturated carbocycles. The molecule has 82 valence electrons. The van der Waals surface area contributed by atoms with Crippen molar-refractivity contribution in [1.82, 2.24) is 0 Å². The van der Waals surface area contributed by atoms with E-state index in [4.69, 9.17) is 4.74 Å². The highest BCUT2D eigenvalue weighted by Crippen LogP contribution is 2.11. The fourth-order valence-corrected chi connectivity index (χ4v) is 1.44. The van der Waals surface area contributed by atoms with Crippen molar-refractivity contribution >= 4 is 5.78 Å². The molecule has 0 bridgehead atoms. The van der Waals surface area contributed by atoms with E-state index in [-0.39, 0.29) is 11.6 Å². The van der Waals surface area contributed by atoms with Gasteiger partial charge in [0.1, 0.15) is 11.9 Å². The van der Waals surface area contributed by atoms with Crippen LogP contribution in [0.15, 0.2) is 18.2 Å². The normalized spacial score (nSPS) is 12.5. The van der Waals surface area contributed by atoms with E-state index in [0.29, 0.717) is 12.2 Å². The van der Waals surface area contributed by atoms with Crippen molar-refractivity contribution in [2.75, 3.05) is 6.61 Å². The predicted octanol–water partition coefficient (Wildman–Crippen LogP) is 2.74. The van der Waals surface area contributed by atoms with Gasteiger partial charge >= 0.3 is 0 Å². The molecule has 0 aliphatic carbocycles. The number of ether oxygens (including phenoxy) is 1. The third-order valence-corrected chi connectivity index (χ3v) is 2.11. The lowest BCUT2D eigenvalue weighted by molar-refractivity contribution is 0.0520. The lowest BCUT2D eigenvalue weighted by Gasteiger charge is -2.10. The zero-order chi connectivity index (χ0) is 11.4. The van der Waals surface area contributed by atoms with E-state index in [1.807, 2.05) is 6.92 Å². The van der Waals surface area contributed by atoms with Gasteiger partial charge in [0, 0.05) is 12.2 Å². The lowest BCUT2D eigenvalue weighted by atomic mass is 10.0. The summed E-state index contributed by atoms with van der Waals surface area (Å²) in [5.74, 6) is -0.568. The molecule has 1 atom stereocenters. The van der Waals surface area contributed by atoms with Gasteiger partial charge in [0.2, 0.25) is 0 Å². The van der Waals surface area contributed by atoms with Crippen molar-refractivity contribution in [1.29, 1.82) is 0 Å². The largest absolute Gasteiger partial charge is 0.371 e. The minimum atomic E-state index is -0.517. The summed E-state index contributed by atoms with van der Waals surface area (Å²) in [5.41, 5.74) is 1.11. The van der Waals surface area contributed by atoms with Crippen molar-refractivity contribution in [3.05, 3.63) is 35.1 Å². The van der Waals surface area contributed by atoms with Crippen LogP contribution in [-0.4, -0.2) is 18.5 Å². The Kier molecular flexibility index (Phi) is 3.97. The smallest absolute Gasteiger partial charge is 0.191 e. The first-order valence-corrected chi connectivity index (χ1v) is 4.97. The summed E-state index contributed by atoms with van der Waals surface area (Å²) in [6, 6.07) is 4.30. The second-order valence-electron chi connectivity index (χ2n) is 3.48. The Bertz CT molecular complexity index is 340. The Morgan fingerprint density at radius 2 is 2.13 bits per heavy atom. The second-order valence-corrected chi connectivity index (χ2v) is 3.48. The topological polar surface area (TPSA) is 26.3 Å². The summed E-state index contributed by atoms with van der Waals surface area (Å²) in [5, 5.41) is 0. The molecule has 0 spiro atoms. The third-order valence-electron chi connectivity index (χ3n) is 2.11. The number of halogens is 1. The van der Waals surface area contributed by atoms with Crippen molar-refractivity contribution in [2.45, 2.75) is 26.9 Å². The molecule has 0 fully saturated rings. The molecule has 1 unspecified atom stereocenters. The van der Waals surface area contributed by atoms with E-state index in [2.05, 4.69) is 0 Å². The molecular formula is C12H15FO2. The second kappa shape index (κ2) is 5.03. The summed E-state index contributed by atoms with van der Waals surface area (Å²) in [6.45, 7) is 5.72. The number of benzene rings is 1. The number of carbonyl (C=O) groups is 1. The van der Waals surface area contributed by atoms with Gasteiger partial charge in [0.05, 0.1) is 0 Å². The zero-order valence-electron chi connectivity index (χ0n) is 9.21. The minimum Gasteiger partial charge on any atom is -0.371 e. The van der Waals surface area contributed by atoms with Crippen LogP contribution < -0.4 is 0 Å². The van der Waals surface area contributed by atoms with Crippen LogP contribution in [0, 0.1) is 12.7 Å². The Morgan fingerprint density at radius 1 is 1.47 bits per heavy atom. The van der Waals surface area contributed by atoms with E-state index in [1.165, 1.54) is 12.1 Å². The molecule has 2 nitrogen and oxygen atoms in total. The first kappa shape index (κ1) is 11.9. The van der Waals surface area contributed by atoms with Gasteiger partial charge in [0.25, 0.3) is 0 Å². The minimum absolute atomic E-state index is 0.181. The molecule has 3 heteroatoms. The zero-order valence-corrected chi connectivity index (χ0v) is 9.21. The molecule has 0 N–H and O–H groups in total. The fourth-order valence-electron chi connectivity index (χ4n) is 1.44. The molecule has 0 aliphatic rings. The van der Waals surface area contributed by atoms with Gasteiger partial charge in [0.15, 0.2) is 5.78 Å². The maximum atomic E-state index is 13.0. The molecule has 0 saturated heterocycles. The van der Waals surface area contributed by atoms with Gasteiger partial charge in [-0.25, -0.2) is 4.39 Å². The molecule has 1 rings (SSSR count). The number of rotatable bonds is 4. The summed E-state index contributed by atoms with van der Waals surface area (Å²) >= 11 is 0. The lowest BCUT2D eigenvalue weighted by Crippen LogP contribution is -2.21. The first-order valence-electron chi connectivity index (χ1n) is 4.97. The van der Waals surface area contributed by atoms with Crippen LogP contribution in [0.3, 0.4) is 0 Å². The SMILES string of the molecule is CCOC(C)C(=O)c1cc(C)cc(F)c1. The molecule has 1 aromatic carbocycles. The number of hydrogen-bond acceptors (Lipinski definition) is 2. The Hall–Kier alpha value is -1.22. The number of Topliss-reactive ketones (excluding diaryl/α,β-unsaturated/α-hetero) is 1. The van der Waals surface area contributed by atoms with E-state index in [1.54, 1.807) is 19.9 Å². The Labute approximate surface area is 89.1 Å². The van der Waals surface area contributed by atoms with Crippen LogP contribution in [-0.2, 0) is 4.74 Å². The maximum Gasteiger partial charge on any atom is 0.191 e. The highest BCUT2D eigenvalue weighted by molar-refractivity contribution is 5.99. The van der Waals surface area contributed by atoms with Gasteiger partial charge in [-0.05, 0) is 44.5 Å². The molecular weight excluding hydrogens is 195 g/mol. The van der Waals surface area contributed by atoms with E-state index in [9.17, 15) is 9.18 Å². The van der Waals surface area contributed by atoms with Crippen LogP contribution >= 0.6 is 0 Å². The summed E-state index contributed by atoms with van der Waals surface area (Å²) in [4.78, 5) is 11.7. The van der Waals surface area contributed by atoms with E-state index in [0.717, 1.165) is 5.56 Å². The van der Waals surface area contributed by atoms with Crippen molar-refractivity contribution < 1.29 is 13.9 Å². The quantitative estimate of drug-likeness (QED) is 0.714. The van der Waals surface area contributed by atoms with Crippen LogP contribution in [0.25, 0.3) is 0 Å². The highest BCUT2D eigenvalue weighted by Gasteiger charge is 2.15. The van der Waals surface area contributed by atoms with E-state index < -0.39 is 6.10 Å². The van der Waals surface area contributed by atoms with Gasteiger partial charge in [-0.3, -0.25) is 4.79 Å². The molecule has 0 heterocycles. The molecule has 1 aromatic rings. The number of hydrogen-bond donors (Lipinski definition) is 0. The van der Waals surface area contributed by atoms with Gasteiger partial charge < -0.3 is 4.74 Å². The van der Waals surface area contributed by atoms with Crippen LogP contribution in [0.1, 0.15) is 29.8 Å². The summed E-state index contributed by atoms with van der Waals surface area (Å²) in [6.07, 6.45) is -0.517. The average Bonchev–Trinajstić information content (AvgIpc) is 2.15. The van der Waals surface area contributed by atoms with Crippen molar-refractivity contribution in [2.24, 2.45) is 0 Å². The maximum absolute atomic E-state index is 13.0. The van der Waals surface area contributed by atoms with Crippen LogP contribution in [0.2, 0.25) is 0 Å². The van der Waals surface area contributed by atoms with Gasteiger partial charge in [-0.2, -0.15) is 0 Å². The predicted molar refractivity (Wildman–Crippen MR) is 56.6 cm³/mol. The number of aryl methyl sites for hydroxylation is 1. The number of carbonyl (C=O) groups excluding carboxylic acids is 1. The number of ketones is 1. The molecule has 0 amide bonds. The Balaban J connectivity index is 2.90. The van der Waals surface area contributed by atoms with E-state index >= 15 is 0 Å². The molecule has 15 heavy (non-hydrogen) atoms. The molecule has 0 aromatic heterocycles. The average molecular weight is 210 g/mol. The standard InChI is InChI=1S/C12H15FO2/c1-4-15-9(3)12(14)10-5-8(2)6-11(13)7-10/h5-7,9H,4H2,1-3H3. The highest BCUT2D eigenvalue weighted by atomic mass is 19.1. The van der Waals surface area contributed by atoms with Gasteiger partial charge in [-0.15, -0.1) is 0 Å². The fraction of sp³-hybridized carbons (Fsp3) is 0.417. The van der Waals surface area contributed by atoms with Crippen molar-refractivity contribution in [3.8, 4) is 0 Å². The summed E-state index contributed by atoms with van der Waals surface area (Å²) < 4.78 is 18.2. The van der Waals surface area contributed by atoms with Crippen molar-refractivity contribution in [3.63, 3.8) is 0 Å². The molecule has 0 radical (unpaired) electrons. The first-order chi connectivity index (χ1) is 7.04. The monoisotopic (exact) mass is 210 g/mol. The molecule has 0 aliphatic heterocycles. The van der Waals surface area contributed by atoms with Gasteiger partial charge in [-0.1, -0.05) is 0 Å².